The summed E-state index contributed by atoms with van der Waals surface area (Å²) in [5, 5.41) is 15.4. The molecule has 0 bridgehead atoms. The smallest absolute Gasteiger partial charge is 0.0361 e. The monoisotopic (exact) mass is 344 g/mol. The highest BCUT2D eigenvalue weighted by molar-refractivity contribution is 14.1. The second kappa shape index (κ2) is 7.58. The topological polar surface area (TPSA) is 47.7 Å². The van der Waals surface area contributed by atoms with Crippen LogP contribution in [0.2, 0.25) is 0 Å². The lowest BCUT2D eigenvalue weighted by Gasteiger charge is -2.11. The van der Waals surface area contributed by atoms with Crippen LogP contribution in [0.1, 0.15) is 34.6 Å². The molecule has 0 aliphatic rings. The highest BCUT2D eigenvalue weighted by Crippen LogP contribution is 2.19. The van der Waals surface area contributed by atoms with Gasteiger partial charge in [0.05, 0.1) is 0 Å². The summed E-state index contributed by atoms with van der Waals surface area (Å²) in [5.41, 5.74) is 5.78. The Morgan fingerprint density at radius 1 is 1.12 bits per heavy atom. The highest BCUT2D eigenvalue weighted by atomic mass is 127. The van der Waals surface area contributed by atoms with E-state index in [1.165, 1.54) is 11.8 Å². The maximum absolute atomic E-state index is 7.85. The van der Waals surface area contributed by atoms with Crippen LogP contribution in [0, 0.1) is 10.8 Å². The number of hydrogen-bond acceptors (Lipinski definition) is 2. The molecular formula is C14H21IN2. The van der Waals surface area contributed by atoms with E-state index >= 15 is 0 Å². The van der Waals surface area contributed by atoms with Crippen LogP contribution < -0.4 is 0 Å². The van der Waals surface area contributed by atoms with Gasteiger partial charge in [-0.2, -0.15) is 0 Å². The Bertz CT molecular complexity index is 408. The number of nitrogens with one attached hydrogen (secondary N) is 2. The molecule has 0 amide bonds. The molecule has 0 saturated carbocycles. The Kier molecular flexibility index (Phi) is 7.27. The van der Waals surface area contributed by atoms with Crippen molar-refractivity contribution in [3.8, 4) is 0 Å². The lowest BCUT2D eigenvalue weighted by atomic mass is 9.96. The molecule has 0 radical (unpaired) electrons. The lowest BCUT2D eigenvalue weighted by Crippen LogP contribution is -2.05. The third-order valence-electron chi connectivity index (χ3n) is 2.61. The fourth-order valence-corrected chi connectivity index (χ4v) is 1.79. The molecule has 0 aliphatic heterocycles. The van der Waals surface area contributed by atoms with Gasteiger partial charge in [-0.15, -0.1) is 0 Å². The number of halogens is 1. The van der Waals surface area contributed by atoms with Crippen molar-refractivity contribution >= 4 is 34.5 Å². The van der Waals surface area contributed by atoms with Gasteiger partial charge in [0.25, 0.3) is 0 Å². The molecular weight excluding hydrogens is 323 g/mol. The predicted octanol–water partition coefficient (Wildman–Crippen LogP) is 4.71. The van der Waals surface area contributed by atoms with Crippen LogP contribution in [0.5, 0.6) is 0 Å². The molecule has 0 aromatic heterocycles. The first-order valence-electron chi connectivity index (χ1n) is 5.53. The Morgan fingerprint density at radius 2 is 1.65 bits per heavy atom. The van der Waals surface area contributed by atoms with Crippen molar-refractivity contribution in [1.82, 2.24) is 0 Å². The molecule has 2 N–H and O–H groups in total. The SMILES string of the molecule is CC(=N)C(/C(C=N)=C/C(C)=C(C)C)=C(/C)CI. The van der Waals surface area contributed by atoms with Crippen molar-refractivity contribution in [3.05, 3.63) is 33.9 Å². The summed E-state index contributed by atoms with van der Waals surface area (Å²) < 4.78 is 0.877. The second-order valence-electron chi connectivity index (χ2n) is 4.34. The van der Waals surface area contributed by atoms with E-state index in [-0.39, 0.29) is 0 Å². The Labute approximate surface area is 118 Å². The van der Waals surface area contributed by atoms with Crippen LogP contribution in [0.4, 0.5) is 0 Å². The van der Waals surface area contributed by atoms with E-state index in [2.05, 4.69) is 36.4 Å². The van der Waals surface area contributed by atoms with E-state index in [0.29, 0.717) is 5.71 Å². The largest absolute Gasteiger partial charge is 0.308 e. The quantitative estimate of drug-likeness (QED) is 0.314. The number of allylic oxidation sites excluding steroid dienone is 6. The summed E-state index contributed by atoms with van der Waals surface area (Å²) in [7, 11) is 0. The van der Waals surface area contributed by atoms with E-state index in [0.717, 1.165) is 26.7 Å². The van der Waals surface area contributed by atoms with Crippen LogP contribution in [-0.2, 0) is 0 Å². The predicted molar refractivity (Wildman–Crippen MR) is 85.9 cm³/mol. The Hall–Kier alpha value is -0.710. The zero-order valence-electron chi connectivity index (χ0n) is 11.2. The van der Waals surface area contributed by atoms with Gasteiger partial charge in [0, 0.05) is 27.5 Å². The molecule has 0 spiro atoms. The molecule has 2 nitrogen and oxygen atoms in total. The van der Waals surface area contributed by atoms with Crippen LogP contribution in [-0.4, -0.2) is 16.4 Å². The maximum Gasteiger partial charge on any atom is 0.0361 e. The van der Waals surface area contributed by atoms with E-state index < -0.39 is 0 Å². The van der Waals surface area contributed by atoms with E-state index in [1.54, 1.807) is 6.92 Å². The van der Waals surface area contributed by atoms with Crippen LogP contribution in [0.15, 0.2) is 33.9 Å². The van der Waals surface area contributed by atoms with Gasteiger partial charge in [0.15, 0.2) is 0 Å². The lowest BCUT2D eigenvalue weighted by molar-refractivity contribution is 1.28. The van der Waals surface area contributed by atoms with E-state index in [1.807, 2.05) is 19.9 Å². The minimum atomic E-state index is 0.524. The fourth-order valence-electron chi connectivity index (χ4n) is 1.41. The van der Waals surface area contributed by atoms with Gasteiger partial charge in [-0.1, -0.05) is 39.3 Å². The average molecular weight is 344 g/mol. The molecule has 0 aromatic rings. The molecule has 0 rings (SSSR count). The maximum atomic E-state index is 7.85. The summed E-state index contributed by atoms with van der Waals surface area (Å²) in [6, 6.07) is 0. The van der Waals surface area contributed by atoms with Crippen LogP contribution in [0.3, 0.4) is 0 Å². The molecule has 94 valence electrons. The summed E-state index contributed by atoms with van der Waals surface area (Å²) in [5.74, 6) is 0. The third-order valence-corrected chi connectivity index (χ3v) is 3.75. The van der Waals surface area contributed by atoms with Gasteiger partial charge < -0.3 is 10.8 Å². The highest BCUT2D eigenvalue weighted by Gasteiger charge is 2.09. The van der Waals surface area contributed by atoms with Gasteiger partial charge in [-0.05, 0) is 40.7 Å². The second-order valence-corrected chi connectivity index (χ2v) is 5.10. The summed E-state index contributed by atoms with van der Waals surface area (Å²) in [6.45, 7) is 9.95. The number of rotatable bonds is 5. The standard InChI is InChI=1S/C14H21IN2/c1-9(2)10(3)6-13(8-16)14(12(5)17)11(4)7-15/h6,8,16-17H,7H2,1-5H3/b13-6+,14-11+,16-8?,17-12?. The van der Waals surface area contributed by atoms with Crippen LogP contribution >= 0.6 is 22.6 Å². The first-order chi connectivity index (χ1) is 7.84. The van der Waals surface area contributed by atoms with Crippen molar-refractivity contribution in [3.63, 3.8) is 0 Å². The fraction of sp³-hybridized carbons (Fsp3) is 0.429. The summed E-state index contributed by atoms with van der Waals surface area (Å²) in [4.78, 5) is 0. The number of hydrogen-bond donors (Lipinski definition) is 2. The zero-order chi connectivity index (χ0) is 13.6. The molecule has 17 heavy (non-hydrogen) atoms. The normalized spacial score (nSPS) is 12.9. The number of alkyl halides is 1. The van der Waals surface area contributed by atoms with E-state index in [4.69, 9.17) is 10.8 Å². The van der Waals surface area contributed by atoms with Crippen molar-refractivity contribution in [2.75, 3.05) is 4.43 Å². The van der Waals surface area contributed by atoms with E-state index in [9.17, 15) is 0 Å². The molecule has 0 heterocycles. The molecule has 0 aliphatic carbocycles. The molecule has 0 aromatic carbocycles. The Morgan fingerprint density at radius 3 is 1.94 bits per heavy atom. The van der Waals surface area contributed by atoms with Crippen molar-refractivity contribution in [2.45, 2.75) is 34.6 Å². The first-order valence-corrected chi connectivity index (χ1v) is 7.05. The first kappa shape index (κ1) is 16.3. The molecule has 0 saturated heterocycles. The van der Waals surface area contributed by atoms with Crippen molar-refractivity contribution in [2.24, 2.45) is 0 Å². The minimum absolute atomic E-state index is 0.524. The van der Waals surface area contributed by atoms with Crippen molar-refractivity contribution in [1.29, 1.82) is 10.8 Å². The summed E-state index contributed by atoms with van der Waals surface area (Å²) >= 11 is 2.29. The zero-order valence-corrected chi connectivity index (χ0v) is 13.4. The van der Waals surface area contributed by atoms with Crippen molar-refractivity contribution < 1.29 is 0 Å². The van der Waals surface area contributed by atoms with Gasteiger partial charge in [0.1, 0.15) is 0 Å². The molecule has 3 heteroatoms. The molecule has 0 unspecified atom stereocenters. The third kappa shape index (κ3) is 4.98. The molecule has 0 fully saturated rings. The van der Waals surface area contributed by atoms with Gasteiger partial charge in [0.2, 0.25) is 0 Å². The molecule has 0 atom stereocenters. The Balaban J connectivity index is 5.76. The van der Waals surface area contributed by atoms with Gasteiger partial charge in [-0.3, -0.25) is 0 Å². The van der Waals surface area contributed by atoms with Crippen LogP contribution in [0.25, 0.3) is 0 Å². The average Bonchev–Trinajstić information content (AvgIpc) is 2.26. The van der Waals surface area contributed by atoms with Gasteiger partial charge >= 0.3 is 0 Å². The van der Waals surface area contributed by atoms with Gasteiger partial charge in [-0.25, -0.2) is 0 Å². The summed E-state index contributed by atoms with van der Waals surface area (Å²) in [6.07, 6.45) is 3.33. The minimum Gasteiger partial charge on any atom is -0.308 e.